The fraction of sp³-hybridized carbons (Fsp3) is 0.368. The molecule has 0 nitrogen and oxygen atoms in total. The Morgan fingerprint density at radius 1 is 0.737 bits per heavy atom. The molecule has 100 valence electrons. The van der Waals surface area contributed by atoms with Gasteiger partial charge in [0, 0.05) is 0 Å². The molecule has 0 radical (unpaired) electrons. The van der Waals surface area contributed by atoms with E-state index in [2.05, 4.69) is 74.5 Å². The fourth-order valence-corrected chi connectivity index (χ4v) is 2.73. The van der Waals surface area contributed by atoms with E-state index in [1.165, 1.54) is 30.4 Å². The van der Waals surface area contributed by atoms with E-state index < -0.39 is 0 Å². The highest BCUT2D eigenvalue weighted by Gasteiger charge is 2.12. The second-order valence-corrected chi connectivity index (χ2v) is 5.40. The van der Waals surface area contributed by atoms with Gasteiger partial charge < -0.3 is 0 Å². The maximum Gasteiger partial charge on any atom is -0.0164 e. The zero-order valence-electron chi connectivity index (χ0n) is 12.0. The molecule has 0 aliphatic carbocycles. The van der Waals surface area contributed by atoms with Gasteiger partial charge in [-0.3, -0.25) is 0 Å². The fourth-order valence-electron chi connectivity index (χ4n) is 2.73. The van der Waals surface area contributed by atoms with Crippen LogP contribution in [0.1, 0.15) is 56.1 Å². The minimum atomic E-state index is 0.652. The van der Waals surface area contributed by atoms with Crippen LogP contribution in [0.2, 0.25) is 0 Å². The summed E-state index contributed by atoms with van der Waals surface area (Å²) in [6.45, 7) is 4.64. The molecule has 0 amide bonds. The van der Waals surface area contributed by atoms with Gasteiger partial charge in [-0.15, -0.1) is 0 Å². The lowest BCUT2D eigenvalue weighted by atomic mass is 9.87. The van der Waals surface area contributed by atoms with Crippen LogP contribution in [0.4, 0.5) is 0 Å². The first-order valence-corrected chi connectivity index (χ1v) is 7.41. The highest BCUT2D eigenvalue weighted by molar-refractivity contribution is 5.21. The van der Waals surface area contributed by atoms with Crippen LogP contribution in [-0.2, 0) is 0 Å². The van der Waals surface area contributed by atoms with Crippen molar-refractivity contribution >= 4 is 0 Å². The van der Waals surface area contributed by atoms with E-state index in [1.54, 1.807) is 0 Å². The van der Waals surface area contributed by atoms with E-state index in [4.69, 9.17) is 0 Å². The average molecular weight is 252 g/mol. The van der Waals surface area contributed by atoms with Crippen LogP contribution in [0.3, 0.4) is 0 Å². The van der Waals surface area contributed by atoms with Crippen molar-refractivity contribution in [1.82, 2.24) is 0 Å². The molecule has 19 heavy (non-hydrogen) atoms. The van der Waals surface area contributed by atoms with Crippen LogP contribution in [0, 0.1) is 0 Å². The smallest absolute Gasteiger partial charge is 0.0164 e. The molecule has 2 atom stereocenters. The SMILES string of the molecule is CCC(CCC(C)c1ccccc1)c1ccccc1. The Balaban J connectivity index is 1.94. The summed E-state index contributed by atoms with van der Waals surface area (Å²) in [5, 5.41) is 0. The second kappa shape index (κ2) is 7.13. The zero-order chi connectivity index (χ0) is 13.5. The van der Waals surface area contributed by atoms with Gasteiger partial charge in [0.1, 0.15) is 0 Å². The van der Waals surface area contributed by atoms with Gasteiger partial charge in [-0.2, -0.15) is 0 Å². The van der Waals surface area contributed by atoms with Crippen molar-refractivity contribution < 1.29 is 0 Å². The maximum atomic E-state index is 2.34. The summed E-state index contributed by atoms with van der Waals surface area (Å²) in [4.78, 5) is 0. The first kappa shape index (κ1) is 13.9. The Morgan fingerprint density at radius 2 is 1.26 bits per heavy atom. The molecule has 0 heterocycles. The monoisotopic (exact) mass is 252 g/mol. The highest BCUT2D eigenvalue weighted by Crippen LogP contribution is 2.29. The lowest BCUT2D eigenvalue weighted by Crippen LogP contribution is -2.01. The average Bonchev–Trinajstić information content (AvgIpc) is 2.49. The van der Waals surface area contributed by atoms with E-state index in [0.29, 0.717) is 11.8 Å². The normalized spacial score (nSPS) is 14.0. The number of hydrogen-bond donors (Lipinski definition) is 0. The minimum absolute atomic E-state index is 0.652. The predicted octanol–water partition coefficient (Wildman–Crippen LogP) is 5.76. The first-order valence-electron chi connectivity index (χ1n) is 7.41. The Bertz CT molecular complexity index is 458. The van der Waals surface area contributed by atoms with Gasteiger partial charge in [0.15, 0.2) is 0 Å². The van der Waals surface area contributed by atoms with E-state index in [9.17, 15) is 0 Å². The van der Waals surface area contributed by atoms with Gasteiger partial charge in [0.05, 0.1) is 0 Å². The van der Waals surface area contributed by atoms with Crippen LogP contribution < -0.4 is 0 Å². The van der Waals surface area contributed by atoms with Crippen LogP contribution in [0.25, 0.3) is 0 Å². The molecular formula is C19H24. The number of hydrogen-bond acceptors (Lipinski definition) is 0. The molecule has 0 fully saturated rings. The van der Waals surface area contributed by atoms with Crippen molar-refractivity contribution in [1.29, 1.82) is 0 Å². The van der Waals surface area contributed by atoms with Crippen molar-refractivity contribution in [3.63, 3.8) is 0 Å². The first-order chi connectivity index (χ1) is 9.31. The van der Waals surface area contributed by atoms with E-state index in [-0.39, 0.29) is 0 Å². The summed E-state index contributed by atoms with van der Waals surface area (Å²) in [6.07, 6.45) is 3.76. The van der Waals surface area contributed by atoms with Crippen LogP contribution in [0.15, 0.2) is 60.7 Å². The van der Waals surface area contributed by atoms with Crippen LogP contribution in [0.5, 0.6) is 0 Å². The van der Waals surface area contributed by atoms with Crippen molar-refractivity contribution in [3.05, 3.63) is 71.8 Å². The molecule has 0 heteroatoms. The molecule has 2 aromatic rings. The summed E-state index contributed by atoms with van der Waals surface area (Å²) >= 11 is 0. The summed E-state index contributed by atoms with van der Waals surface area (Å²) in [5.41, 5.74) is 2.95. The molecule has 0 bridgehead atoms. The molecule has 2 aromatic carbocycles. The second-order valence-electron chi connectivity index (χ2n) is 5.40. The van der Waals surface area contributed by atoms with Gasteiger partial charge in [-0.05, 0) is 42.2 Å². The molecule has 0 aromatic heterocycles. The van der Waals surface area contributed by atoms with Crippen molar-refractivity contribution in [2.75, 3.05) is 0 Å². The molecule has 0 saturated carbocycles. The van der Waals surface area contributed by atoms with E-state index in [1.807, 2.05) is 0 Å². The van der Waals surface area contributed by atoms with Gasteiger partial charge >= 0.3 is 0 Å². The number of benzene rings is 2. The third-order valence-corrected chi connectivity index (χ3v) is 4.08. The van der Waals surface area contributed by atoms with Crippen molar-refractivity contribution in [3.8, 4) is 0 Å². The molecule has 0 aliphatic heterocycles. The standard InChI is InChI=1S/C19H24/c1-3-17(19-12-8-5-9-13-19)15-14-16(2)18-10-6-4-7-11-18/h4-13,16-17H,3,14-15H2,1-2H3. The van der Waals surface area contributed by atoms with Crippen molar-refractivity contribution in [2.45, 2.75) is 44.9 Å². The largest absolute Gasteiger partial charge is 0.0648 e. The topological polar surface area (TPSA) is 0 Å². The Hall–Kier alpha value is -1.56. The lowest BCUT2D eigenvalue weighted by Gasteiger charge is -2.18. The molecule has 0 N–H and O–H groups in total. The van der Waals surface area contributed by atoms with Gasteiger partial charge in [-0.25, -0.2) is 0 Å². The quantitative estimate of drug-likeness (QED) is 0.612. The Morgan fingerprint density at radius 3 is 1.79 bits per heavy atom. The summed E-state index contributed by atoms with van der Waals surface area (Å²) < 4.78 is 0. The van der Waals surface area contributed by atoms with Gasteiger partial charge in [-0.1, -0.05) is 74.5 Å². The Kier molecular flexibility index (Phi) is 5.20. The predicted molar refractivity (Wildman–Crippen MR) is 83.6 cm³/mol. The van der Waals surface area contributed by atoms with E-state index >= 15 is 0 Å². The summed E-state index contributed by atoms with van der Waals surface area (Å²) in [6, 6.07) is 21.8. The summed E-state index contributed by atoms with van der Waals surface area (Å²) in [7, 11) is 0. The van der Waals surface area contributed by atoms with Gasteiger partial charge in [0.25, 0.3) is 0 Å². The maximum absolute atomic E-state index is 2.34. The third-order valence-electron chi connectivity index (χ3n) is 4.08. The molecule has 0 spiro atoms. The molecule has 0 saturated heterocycles. The van der Waals surface area contributed by atoms with Crippen molar-refractivity contribution in [2.24, 2.45) is 0 Å². The molecule has 2 rings (SSSR count). The minimum Gasteiger partial charge on any atom is -0.0648 e. The lowest BCUT2D eigenvalue weighted by molar-refractivity contribution is 0.535. The van der Waals surface area contributed by atoms with Gasteiger partial charge in [0.2, 0.25) is 0 Å². The Labute approximate surface area is 117 Å². The third kappa shape index (κ3) is 3.96. The molecule has 0 aliphatic rings. The summed E-state index contributed by atoms with van der Waals surface area (Å²) in [5.74, 6) is 1.35. The molecular weight excluding hydrogens is 228 g/mol. The van der Waals surface area contributed by atoms with Crippen LogP contribution >= 0.6 is 0 Å². The highest BCUT2D eigenvalue weighted by atomic mass is 14.2. The van der Waals surface area contributed by atoms with E-state index in [0.717, 1.165) is 0 Å². The number of rotatable bonds is 6. The molecule has 2 unspecified atom stereocenters. The van der Waals surface area contributed by atoms with Crippen LogP contribution in [-0.4, -0.2) is 0 Å². The zero-order valence-corrected chi connectivity index (χ0v) is 12.0.